The molecule has 1 aliphatic heterocycles. The Bertz CT molecular complexity index is 618. The topological polar surface area (TPSA) is 39.9 Å². The molecule has 2 heterocycles. The van der Waals surface area contributed by atoms with Gasteiger partial charge in [0.1, 0.15) is 18.1 Å². The molecule has 0 saturated carbocycles. The highest BCUT2D eigenvalue weighted by atomic mass is 16.4. The van der Waals surface area contributed by atoms with Gasteiger partial charge in [0.05, 0.1) is 6.54 Å². The van der Waals surface area contributed by atoms with Crippen molar-refractivity contribution >= 4 is 0 Å². The predicted molar refractivity (Wildman–Crippen MR) is 100 cm³/mol. The van der Waals surface area contributed by atoms with Crippen LogP contribution in [0, 0.1) is 5.92 Å². The summed E-state index contributed by atoms with van der Waals surface area (Å²) >= 11 is 0. The van der Waals surface area contributed by atoms with E-state index in [0.29, 0.717) is 5.76 Å². The number of likely N-dealkylation sites (tertiary alicyclic amines) is 1. The van der Waals surface area contributed by atoms with Gasteiger partial charge in [0, 0.05) is 13.1 Å². The third-order valence-corrected chi connectivity index (χ3v) is 5.17. The standard InChI is InChI=1S/C21H30N2O2/c1-22-12-9-19(10-13-22)15-23(14-11-18-5-3-2-4-6-18)16-20-7-8-21(17-24)25-20/h2-8,19,24H,9-17H2,1H3. The highest BCUT2D eigenvalue weighted by Gasteiger charge is 2.20. The zero-order valence-corrected chi connectivity index (χ0v) is 15.2. The molecule has 1 aliphatic rings. The molecule has 0 atom stereocenters. The molecule has 0 spiro atoms. The normalized spacial score (nSPS) is 16.6. The molecule has 0 aliphatic carbocycles. The summed E-state index contributed by atoms with van der Waals surface area (Å²) in [5, 5.41) is 9.21. The van der Waals surface area contributed by atoms with E-state index in [9.17, 15) is 5.11 Å². The van der Waals surface area contributed by atoms with Crippen molar-refractivity contribution in [2.45, 2.75) is 32.4 Å². The van der Waals surface area contributed by atoms with E-state index in [1.165, 1.54) is 31.5 Å². The van der Waals surface area contributed by atoms with E-state index in [-0.39, 0.29) is 6.61 Å². The van der Waals surface area contributed by atoms with E-state index in [1.54, 1.807) is 0 Å². The minimum absolute atomic E-state index is 0.0288. The van der Waals surface area contributed by atoms with Gasteiger partial charge in [-0.3, -0.25) is 4.90 Å². The third-order valence-electron chi connectivity index (χ3n) is 5.17. The second-order valence-electron chi connectivity index (χ2n) is 7.24. The number of piperidine rings is 1. The monoisotopic (exact) mass is 342 g/mol. The number of aliphatic hydroxyl groups is 1. The van der Waals surface area contributed by atoms with Gasteiger partial charge in [0.25, 0.3) is 0 Å². The number of nitrogens with zero attached hydrogens (tertiary/aromatic N) is 2. The number of hydrogen-bond acceptors (Lipinski definition) is 4. The summed E-state index contributed by atoms with van der Waals surface area (Å²) < 4.78 is 5.72. The number of benzene rings is 1. The molecule has 1 aromatic carbocycles. The molecule has 136 valence electrons. The molecule has 0 amide bonds. The van der Waals surface area contributed by atoms with Gasteiger partial charge < -0.3 is 14.4 Å². The predicted octanol–water partition coefficient (Wildman–Crippen LogP) is 3.16. The fraction of sp³-hybridized carbons (Fsp3) is 0.524. The minimum atomic E-state index is -0.0288. The van der Waals surface area contributed by atoms with Gasteiger partial charge in [-0.05, 0) is 63.0 Å². The molecule has 2 aromatic rings. The summed E-state index contributed by atoms with van der Waals surface area (Å²) in [4.78, 5) is 4.94. The van der Waals surface area contributed by atoms with E-state index in [0.717, 1.165) is 37.7 Å². The minimum Gasteiger partial charge on any atom is -0.462 e. The maximum atomic E-state index is 9.21. The van der Waals surface area contributed by atoms with Crippen LogP contribution in [-0.4, -0.2) is 48.1 Å². The molecule has 3 rings (SSSR count). The molecule has 0 radical (unpaired) electrons. The average Bonchev–Trinajstić information content (AvgIpc) is 3.10. The Labute approximate surface area is 151 Å². The second-order valence-corrected chi connectivity index (χ2v) is 7.24. The highest BCUT2D eigenvalue weighted by molar-refractivity contribution is 5.15. The SMILES string of the molecule is CN1CCC(CN(CCc2ccccc2)Cc2ccc(CO)o2)CC1. The van der Waals surface area contributed by atoms with E-state index >= 15 is 0 Å². The van der Waals surface area contributed by atoms with Crippen molar-refractivity contribution in [2.75, 3.05) is 33.2 Å². The average molecular weight is 342 g/mol. The van der Waals surface area contributed by atoms with E-state index in [2.05, 4.69) is 47.2 Å². The van der Waals surface area contributed by atoms with Crippen molar-refractivity contribution in [1.29, 1.82) is 0 Å². The fourth-order valence-corrected chi connectivity index (χ4v) is 3.59. The summed E-state index contributed by atoms with van der Waals surface area (Å²) in [6, 6.07) is 14.6. The van der Waals surface area contributed by atoms with Gasteiger partial charge in [0.2, 0.25) is 0 Å². The second kappa shape index (κ2) is 9.18. The van der Waals surface area contributed by atoms with Crippen molar-refractivity contribution in [2.24, 2.45) is 5.92 Å². The Balaban J connectivity index is 1.60. The summed E-state index contributed by atoms with van der Waals surface area (Å²) in [5.41, 5.74) is 1.38. The van der Waals surface area contributed by atoms with Crippen LogP contribution in [0.2, 0.25) is 0 Å². The lowest BCUT2D eigenvalue weighted by molar-refractivity contribution is 0.149. The number of furan rings is 1. The van der Waals surface area contributed by atoms with E-state index < -0.39 is 0 Å². The quantitative estimate of drug-likeness (QED) is 0.800. The molecule has 25 heavy (non-hydrogen) atoms. The Morgan fingerprint density at radius 2 is 1.80 bits per heavy atom. The molecule has 1 saturated heterocycles. The number of hydrogen-bond donors (Lipinski definition) is 1. The molecule has 0 bridgehead atoms. The summed E-state index contributed by atoms with van der Waals surface area (Å²) in [5.74, 6) is 2.36. The first-order valence-electron chi connectivity index (χ1n) is 9.36. The van der Waals surface area contributed by atoms with Gasteiger partial charge in [-0.1, -0.05) is 30.3 Å². The maximum absolute atomic E-state index is 9.21. The van der Waals surface area contributed by atoms with Gasteiger partial charge in [-0.15, -0.1) is 0 Å². The first-order valence-corrected chi connectivity index (χ1v) is 9.36. The van der Waals surface area contributed by atoms with Crippen LogP contribution in [0.3, 0.4) is 0 Å². The molecule has 4 heteroatoms. The van der Waals surface area contributed by atoms with Crippen LogP contribution in [0.15, 0.2) is 46.9 Å². The van der Waals surface area contributed by atoms with Gasteiger partial charge in [-0.2, -0.15) is 0 Å². The maximum Gasteiger partial charge on any atom is 0.129 e. The lowest BCUT2D eigenvalue weighted by atomic mass is 9.96. The molecule has 1 aromatic heterocycles. The third kappa shape index (κ3) is 5.70. The number of rotatable bonds is 8. The van der Waals surface area contributed by atoms with Crippen LogP contribution >= 0.6 is 0 Å². The molecule has 4 nitrogen and oxygen atoms in total. The fourth-order valence-electron chi connectivity index (χ4n) is 3.59. The molecular weight excluding hydrogens is 312 g/mol. The summed E-state index contributed by atoms with van der Waals surface area (Å²) in [6.07, 6.45) is 3.61. The van der Waals surface area contributed by atoms with Crippen LogP contribution < -0.4 is 0 Å². The van der Waals surface area contributed by atoms with Crippen molar-refractivity contribution in [3.63, 3.8) is 0 Å². The van der Waals surface area contributed by atoms with Crippen molar-refractivity contribution in [1.82, 2.24) is 9.80 Å². The van der Waals surface area contributed by atoms with Crippen molar-refractivity contribution in [3.05, 3.63) is 59.5 Å². The Morgan fingerprint density at radius 1 is 1.08 bits per heavy atom. The Hall–Kier alpha value is -1.62. The summed E-state index contributed by atoms with van der Waals surface area (Å²) in [7, 11) is 2.21. The lowest BCUT2D eigenvalue weighted by Gasteiger charge is -2.33. The van der Waals surface area contributed by atoms with Crippen LogP contribution in [0.1, 0.15) is 29.9 Å². The van der Waals surface area contributed by atoms with Gasteiger partial charge >= 0.3 is 0 Å². The zero-order chi connectivity index (χ0) is 17.5. The van der Waals surface area contributed by atoms with E-state index in [4.69, 9.17) is 4.42 Å². The Kier molecular flexibility index (Phi) is 6.68. The lowest BCUT2D eigenvalue weighted by Crippen LogP contribution is -2.37. The zero-order valence-electron chi connectivity index (χ0n) is 15.2. The van der Waals surface area contributed by atoms with Crippen molar-refractivity contribution < 1.29 is 9.52 Å². The van der Waals surface area contributed by atoms with Crippen LogP contribution in [0.25, 0.3) is 0 Å². The van der Waals surface area contributed by atoms with Gasteiger partial charge in [-0.25, -0.2) is 0 Å². The van der Waals surface area contributed by atoms with E-state index in [1.807, 2.05) is 12.1 Å². The first kappa shape index (κ1) is 18.2. The first-order chi connectivity index (χ1) is 12.2. The van der Waals surface area contributed by atoms with Crippen LogP contribution in [0.4, 0.5) is 0 Å². The molecule has 0 unspecified atom stereocenters. The molecule has 1 N–H and O–H groups in total. The number of aliphatic hydroxyl groups excluding tert-OH is 1. The van der Waals surface area contributed by atoms with Gasteiger partial charge in [0.15, 0.2) is 0 Å². The smallest absolute Gasteiger partial charge is 0.129 e. The Morgan fingerprint density at radius 3 is 2.48 bits per heavy atom. The van der Waals surface area contributed by atoms with Crippen molar-refractivity contribution in [3.8, 4) is 0 Å². The van der Waals surface area contributed by atoms with Crippen LogP contribution in [-0.2, 0) is 19.6 Å². The van der Waals surface area contributed by atoms with Crippen LogP contribution in [0.5, 0.6) is 0 Å². The largest absolute Gasteiger partial charge is 0.462 e. The molecular formula is C21H30N2O2. The summed E-state index contributed by atoms with van der Waals surface area (Å²) in [6.45, 7) is 5.35. The highest BCUT2D eigenvalue weighted by Crippen LogP contribution is 2.19. The molecule has 1 fully saturated rings.